The molecule has 12 atom stereocenters. The number of aliphatic hydroxyl groups excluding tert-OH is 4. The van der Waals surface area contributed by atoms with Crippen LogP contribution in [0.1, 0.15) is 113 Å². The highest BCUT2D eigenvalue weighted by Crippen LogP contribution is 2.71. The number of carbonyl (C=O) groups is 4. The first-order valence-electron chi connectivity index (χ1n) is 25.9. The summed E-state index contributed by atoms with van der Waals surface area (Å²) in [7, 11) is 3.05. The van der Waals surface area contributed by atoms with E-state index in [0.29, 0.717) is 62.4 Å². The number of benzene rings is 2. The van der Waals surface area contributed by atoms with Gasteiger partial charge >= 0.3 is 11.9 Å². The van der Waals surface area contributed by atoms with E-state index in [0.717, 1.165) is 11.1 Å². The fourth-order valence-corrected chi connectivity index (χ4v) is 12.9. The Balaban J connectivity index is 1.19. The molecule has 3 aliphatic carbocycles. The zero-order valence-corrected chi connectivity index (χ0v) is 44.5. The fraction of sp³-hybridized carbons (Fsp3) is 0.579. The normalized spacial score (nSPS) is 34.4. The van der Waals surface area contributed by atoms with Crippen molar-refractivity contribution in [3.05, 3.63) is 93.6 Å². The average Bonchev–Trinajstić information content (AvgIpc) is 3.54. The Kier molecular flexibility index (Phi) is 14.7. The first-order chi connectivity index (χ1) is 35.5. The van der Waals surface area contributed by atoms with Crippen LogP contribution in [0, 0.1) is 11.8 Å². The van der Waals surface area contributed by atoms with Gasteiger partial charge < -0.3 is 63.6 Å². The van der Waals surface area contributed by atoms with Crippen LogP contribution >= 0.6 is 0 Å². The number of hydrogen-bond donors (Lipinski definition) is 5. The predicted octanol–water partition coefficient (Wildman–Crippen LogP) is 4.72. The van der Waals surface area contributed by atoms with E-state index in [1.165, 1.54) is 31.4 Å². The number of Topliss-reactive ketones (excluding diaryl/α,β-unsaturated/α-hetero) is 2. The molecule has 3 saturated heterocycles. The van der Waals surface area contributed by atoms with E-state index in [1.807, 2.05) is 54.5 Å². The number of ketones is 2. The van der Waals surface area contributed by atoms with Crippen molar-refractivity contribution in [2.75, 3.05) is 47.1 Å². The molecular weight excluding hydrogens is 969 g/mol. The number of carbonyl (C=O) groups excluding carboxylic acids is 4. The number of methoxy groups -OCH3 is 1. The van der Waals surface area contributed by atoms with E-state index in [1.54, 1.807) is 32.2 Å². The molecule has 0 amide bonds. The van der Waals surface area contributed by atoms with Crippen molar-refractivity contribution >= 4 is 29.3 Å². The maximum Gasteiger partial charge on any atom is 0.343 e. The highest BCUT2D eigenvalue weighted by atomic mass is 16.7. The maximum absolute atomic E-state index is 16.5. The fourth-order valence-electron chi connectivity index (χ4n) is 12.9. The molecule has 406 valence electrons. The van der Waals surface area contributed by atoms with Crippen molar-refractivity contribution in [2.24, 2.45) is 11.8 Å². The second-order valence-corrected chi connectivity index (χ2v) is 22.3. The largest absolute Gasteiger partial charge is 0.482 e. The zero-order chi connectivity index (χ0) is 54.2. The Labute approximate surface area is 437 Å². The molecule has 8 aliphatic rings. The quantitative estimate of drug-likeness (QED) is 0.0922. The minimum Gasteiger partial charge on any atom is -0.482 e. The number of nitrogens with zero attached hydrogens (tertiary/aromatic N) is 1. The van der Waals surface area contributed by atoms with Crippen molar-refractivity contribution in [1.82, 2.24) is 10.2 Å². The predicted molar refractivity (Wildman–Crippen MR) is 272 cm³/mol. The Bertz CT molecular complexity index is 2730. The van der Waals surface area contributed by atoms with Crippen LogP contribution in [-0.2, 0) is 39.7 Å². The van der Waals surface area contributed by atoms with Gasteiger partial charge in [-0.1, -0.05) is 29.4 Å². The minimum absolute atomic E-state index is 0.0814. The van der Waals surface area contributed by atoms with E-state index in [2.05, 4.69) is 16.3 Å². The van der Waals surface area contributed by atoms with E-state index >= 15 is 9.59 Å². The van der Waals surface area contributed by atoms with Gasteiger partial charge in [-0.15, -0.1) is 0 Å². The van der Waals surface area contributed by atoms with Crippen LogP contribution in [0.25, 0.3) is 5.76 Å². The summed E-state index contributed by atoms with van der Waals surface area (Å²) in [5.74, 6) is -2.46. The first-order valence-corrected chi connectivity index (χ1v) is 25.9. The van der Waals surface area contributed by atoms with Gasteiger partial charge in [0.15, 0.2) is 22.8 Å². The maximum atomic E-state index is 16.5. The summed E-state index contributed by atoms with van der Waals surface area (Å²) in [5, 5.41) is 44.3. The summed E-state index contributed by atoms with van der Waals surface area (Å²) in [6.45, 7) is 16.4. The monoisotopic (exact) mass is 1040 g/mol. The molecule has 5 aliphatic heterocycles. The van der Waals surface area contributed by atoms with Gasteiger partial charge in [-0.2, -0.15) is 0 Å². The highest BCUT2D eigenvalue weighted by Gasteiger charge is 2.89. The molecule has 18 heteroatoms. The van der Waals surface area contributed by atoms with E-state index in [-0.39, 0.29) is 58.4 Å². The van der Waals surface area contributed by atoms with Crippen molar-refractivity contribution in [1.29, 1.82) is 0 Å². The number of rotatable bonds is 15. The van der Waals surface area contributed by atoms with Gasteiger partial charge in [0, 0.05) is 48.7 Å². The van der Waals surface area contributed by atoms with Gasteiger partial charge in [-0.25, -0.2) is 9.59 Å². The first kappa shape index (κ1) is 54.5. The van der Waals surface area contributed by atoms with Gasteiger partial charge in [-0.05, 0) is 118 Å². The van der Waals surface area contributed by atoms with Gasteiger partial charge in [0.2, 0.25) is 6.29 Å². The summed E-state index contributed by atoms with van der Waals surface area (Å²) in [6.07, 6.45) is 1.59. The summed E-state index contributed by atoms with van der Waals surface area (Å²) >= 11 is 0. The van der Waals surface area contributed by atoms with Crippen LogP contribution in [0.15, 0.2) is 71.4 Å². The van der Waals surface area contributed by atoms with Crippen LogP contribution in [-0.4, -0.2) is 161 Å². The Morgan fingerprint density at radius 2 is 1.57 bits per heavy atom. The van der Waals surface area contributed by atoms with E-state index in [4.69, 9.17) is 37.9 Å². The molecule has 0 aromatic heterocycles. The number of esters is 2. The molecule has 5 N–H and O–H groups in total. The third-order valence-electron chi connectivity index (χ3n) is 16.6. The average molecular weight is 1040 g/mol. The SMILES string of the molecule is CNC12CC3C(C)(C)OC(CC=C(C)C(=O)OC)(C1=O)C31Oc3c(cc4c(c3CC=C(C)C)OC(C)(CCC=C(C)C)C=C4OC(=O)c3ccc(O[C@@H]4O[C@H](CO)[C@@H](O)[C@@H](O)[C@H]4O)cc3)C(=O)C1C2N1CCOCC1. The second kappa shape index (κ2) is 20.3. The van der Waals surface area contributed by atoms with E-state index < -0.39 is 95.1 Å². The zero-order valence-electron chi connectivity index (χ0n) is 44.5. The van der Waals surface area contributed by atoms with Crippen LogP contribution in [0.4, 0.5) is 0 Å². The Morgan fingerprint density at radius 3 is 2.21 bits per heavy atom. The lowest BCUT2D eigenvalue weighted by atomic mass is 9.42. The summed E-state index contributed by atoms with van der Waals surface area (Å²) < 4.78 is 50.8. The van der Waals surface area contributed by atoms with Gasteiger partial charge in [-0.3, -0.25) is 14.5 Å². The number of aliphatic hydroxyl groups is 4. The Morgan fingerprint density at radius 1 is 0.893 bits per heavy atom. The van der Waals surface area contributed by atoms with Crippen molar-refractivity contribution in [3.8, 4) is 17.2 Å². The number of fused-ring (bicyclic) bond motifs is 2. The number of ether oxygens (including phenoxy) is 8. The standard InChI is InChI=1S/C57H72N2O16/c1-30(2)12-11-20-54(8)27-38(71-50(66)33-14-16-34(17-15-33)70-51-45(64)44(63)43(62)39(29-60)72-51)36-26-37-42(61)41-48(59-22-24-69-25-23-59)55(58-9)28-40-53(6,7)75-56(52(55)67,21-19-32(5)49(65)68-10)57(40,41)74-47(37)35(46(36)73-54)18-13-31(3)4/h12-17,19,26-27,39-41,43-45,48,51,58,60,62-64H,11,18,20-25,28-29H2,1-10H3/t39-,40?,41?,43-,44-,45-,48?,51-,54?,55?,56?,57?/m1/s1. The van der Waals surface area contributed by atoms with Crippen molar-refractivity contribution < 1.29 is 77.5 Å². The molecule has 2 aromatic carbocycles. The van der Waals surface area contributed by atoms with Gasteiger partial charge in [0.05, 0.1) is 60.7 Å². The smallest absolute Gasteiger partial charge is 0.343 e. The van der Waals surface area contributed by atoms with Gasteiger partial charge in [0.25, 0.3) is 0 Å². The van der Waals surface area contributed by atoms with Crippen LogP contribution in [0.5, 0.6) is 17.2 Å². The molecule has 18 nitrogen and oxygen atoms in total. The number of allylic oxidation sites excluding steroid dienone is 4. The summed E-state index contributed by atoms with van der Waals surface area (Å²) in [5.41, 5.74) is -3.14. The molecule has 4 bridgehead atoms. The number of nitrogens with one attached hydrogen (secondary N) is 1. The van der Waals surface area contributed by atoms with Crippen molar-refractivity contribution in [2.45, 2.75) is 152 Å². The molecule has 3 saturated carbocycles. The van der Waals surface area contributed by atoms with Gasteiger partial charge in [0.1, 0.15) is 53.0 Å². The van der Waals surface area contributed by atoms with Crippen LogP contribution in [0.3, 0.4) is 0 Å². The molecular formula is C57H72N2O16. The molecule has 7 unspecified atom stereocenters. The molecule has 0 radical (unpaired) electrons. The minimum atomic E-state index is -1.77. The number of likely N-dealkylation sites (N-methyl/N-ethyl adjacent to an activating group) is 1. The summed E-state index contributed by atoms with van der Waals surface area (Å²) in [4.78, 5) is 62.1. The molecule has 5 heterocycles. The second-order valence-electron chi connectivity index (χ2n) is 22.3. The topological polar surface area (TPSA) is 238 Å². The molecule has 10 rings (SSSR count). The highest BCUT2D eigenvalue weighted by molar-refractivity contribution is 6.11. The third kappa shape index (κ3) is 8.97. The lowest BCUT2D eigenvalue weighted by Crippen LogP contribution is -2.90. The molecule has 75 heavy (non-hydrogen) atoms. The molecule has 1 spiro atoms. The van der Waals surface area contributed by atoms with Crippen LogP contribution in [0.2, 0.25) is 0 Å². The number of hydrogen-bond acceptors (Lipinski definition) is 18. The number of morpholine rings is 1. The lowest BCUT2D eigenvalue weighted by Gasteiger charge is -2.68. The van der Waals surface area contributed by atoms with Crippen molar-refractivity contribution in [3.63, 3.8) is 0 Å². The van der Waals surface area contributed by atoms with Crippen LogP contribution < -0.4 is 19.5 Å². The third-order valence-corrected chi connectivity index (χ3v) is 16.6. The molecule has 6 fully saturated rings. The lowest BCUT2D eigenvalue weighted by molar-refractivity contribution is -0.277. The van der Waals surface area contributed by atoms with E-state index in [9.17, 15) is 30.0 Å². The molecule has 2 aromatic rings. The summed E-state index contributed by atoms with van der Waals surface area (Å²) in [6, 6.07) is 6.80. The Hall–Kier alpha value is -5.28.